The van der Waals surface area contributed by atoms with Gasteiger partial charge < -0.3 is 9.47 Å². The van der Waals surface area contributed by atoms with Crippen LogP contribution in [-0.2, 0) is 19.3 Å². The number of imidazole rings is 1. The molecule has 1 aliphatic rings. The number of fused-ring (bicyclic) bond motifs is 2. The van der Waals surface area contributed by atoms with Gasteiger partial charge >= 0.3 is 6.18 Å². The number of rotatable bonds is 2. The predicted molar refractivity (Wildman–Crippen MR) is 99.6 cm³/mol. The Morgan fingerprint density at radius 3 is 2.84 bits per heavy atom. The van der Waals surface area contributed by atoms with Gasteiger partial charge in [0.25, 0.3) is 11.5 Å². The lowest BCUT2D eigenvalue weighted by Gasteiger charge is -2.27. The summed E-state index contributed by atoms with van der Waals surface area (Å²) in [7, 11) is 0. The van der Waals surface area contributed by atoms with Gasteiger partial charge in [-0.3, -0.25) is 14.6 Å². The van der Waals surface area contributed by atoms with Crippen molar-refractivity contribution in [2.24, 2.45) is 0 Å². The molecule has 160 valence electrons. The largest absolute Gasteiger partial charge is 0.434 e. The summed E-state index contributed by atoms with van der Waals surface area (Å²) >= 11 is 0. The summed E-state index contributed by atoms with van der Waals surface area (Å²) in [6.07, 6.45) is -0.620. The number of aromatic amines is 1. The Balaban J connectivity index is 1.44. The number of carbonyl (C=O) groups excluding carboxylic acids is 1. The summed E-state index contributed by atoms with van der Waals surface area (Å²) < 4.78 is 42.9. The van der Waals surface area contributed by atoms with E-state index in [-0.39, 0.29) is 42.5 Å². The van der Waals surface area contributed by atoms with Crippen LogP contribution in [-0.4, -0.2) is 51.3 Å². The molecule has 10 nitrogen and oxygen atoms in total. The van der Waals surface area contributed by atoms with Gasteiger partial charge in [-0.25, -0.2) is 14.2 Å². The Labute approximate surface area is 171 Å². The summed E-state index contributed by atoms with van der Waals surface area (Å²) in [6.45, 7) is 2.03. The standard InChI is InChI=1S/C18H15F3N8O2/c1-10-11(7-22-29(10)17-24-15(30)12-3-2-4-28(12)25-17)16(31)27-6-5-26-8-13(18(19,20)21)23-14(26)9-27/h2-4,7-8H,5-6,9H2,1H3,(H,24,25,30). The van der Waals surface area contributed by atoms with Crippen LogP contribution in [0.15, 0.2) is 35.5 Å². The predicted octanol–water partition coefficient (Wildman–Crippen LogP) is 1.39. The Morgan fingerprint density at radius 2 is 2.06 bits per heavy atom. The van der Waals surface area contributed by atoms with Crippen LogP contribution in [0.2, 0.25) is 0 Å². The minimum atomic E-state index is -4.54. The molecule has 0 spiro atoms. The zero-order valence-electron chi connectivity index (χ0n) is 16.1. The maximum Gasteiger partial charge on any atom is 0.434 e. The van der Waals surface area contributed by atoms with E-state index < -0.39 is 17.8 Å². The zero-order chi connectivity index (χ0) is 21.9. The van der Waals surface area contributed by atoms with Crippen molar-refractivity contribution in [2.45, 2.75) is 26.2 Å². The Bertz CT molecular complexity index is 1380. The number of nitrogens with one attached hydrogen (secondary N) is 1. The number of carbonyl (C=O) groups is 1. The third-order valence-corrected chi connectivity index (χ3v) is 5.21. The molecular formula is C18H15F3N8O2. The molecule has 0 unspecified atom stereocenters. The first kappa shape index (κ1) is 19.1. The molecule has 0 bridgehead atoms. The summed E-state index contributed by atoms with van der Waals surface area (Å²) in [4.78, 5) is 32.9. The number of aromatic nitrogens is 7. The molecular weight excluding hydrogens is 417 g/mol. The first-order valence-electron chi connectivity index (χ1n) is 9.27. The van der Waals surface area contributed by atoms with Crippen LogP contribution < -0.4 is 5.56 Å². The van der Waals surface area contributed by atoms with Gasteiger partial charge in [0.15, 0.2) is 5.69 Å². The maximum atomic E-state index is 13.0. The Hall–Kier alpha value is -3.90. The van der Waals surface area contributed by atoms with E-state index in [1.165, 1.54) is 24.9 Å². The van der Waals surface area contributed by atoms with Crippen LogP contribution in [0.1, 0.15) is 27.6 Å². The minimum absolute atomic E-state index is 0.0516. The second-order valence-electron chi connectivity index (χ2n) is 7.13. The van der Waals surface area contributed by atoms with Crippen LogP contribution in [0.25, 0.3) is 11.5 Å². The van der Waals surface area contributed by atoms with E-state index in [9.17, 15) is 22.8 Å². The van der Waals surface area contributed by atoms with Crippen molar-refractivity contribution in [1.29, 1.82) is 0 Å². The monoisotopic (exact) mass is 432 g/mol. The topological polar surface area (TPSA) is 106 Å². The minimum Gasteiger partial charge on any atom is -0.331 e. The van der Waals surface area contributed by atoms with Gasteiger partial charge in [-0.05, 0) is 19.1 Å². The number of alkyl halides is 3. The van der Waals surface area contributed by atoms with E-state index in [0.29, 0.717) is 11.2 Å². The average molecular weight is 432 g/mol. The molecule has 1 amide bonds. The van der Waals surface area contributed by atoms with E-state index in [4.69, 9.17) is 0 Å². The second kappa shape index (κ2) is 6.55. The summed E-state index contributed by atoms with van der Waals surface area (Å²) in [5.41, 5.74) is -0.278. The summed E-state index contributed by atoms with van der Waals surface area (Å²) in [6, 6.07) is 3.29. The fourth-order valence-electron chi connectivity index (χ4n) is 3.59. The fraction of sp³-hybridized carbons (Fsp3) is 0.278. The third kappa shape index (κ3) is 3.08. The molecule has 1 N–H and O–H groups in total. The number of amides is 1. The molecule has 4 aromatic heterocycles. The van der Waals surface area contributed by atoms with Gasteiger partial charge in [0.05, 0.1) is 24.0 Å². The lowest BCUT2D eigenvalue weighted by molar-refractivity contribution is -0.141. The average Bonchev–Trinajstić information content (AvgIpc) is 3.44. The van der Waals surface area contributed by atoms with E-state index in [2.05, 4.69) is 20.2 Å². The maximum absolute atomic E-state index is 13.0. The summed E-state index contributed by atoms with van der Waals surface area (Å²) in [5.74, 6) is -0.0915. The molecule has 31 heavy (non-hydrogen) atoms. The molecule has 0 fully saturated rings. The molecule has 5 rings (SSSR count). The van der Waals surface area contributed by atoms with Crippen LogP contribution in [0.4, 0.5) is 13.2 Å². The van der Waals surface area contributed by atoms with Gasteiger partial charge in [-0.15, -0.1) is 5.10 Å². The first-order chi connectivity index (χ1) is 14.7. The molecule has 0 atom stereocenters. The number of H-pyrrole nitrogens is 1. The van der Waals surface area contributed by atoms with Crippen LogP contribution >= 0.6 is 0 Å². The number of hydrogen-bond donors (Lipinski definition) is 1. The van der Waals surface area contributed by atoms with Crippen molar-refractivity contribution in [1.82, 2.24) is 38.8 Å². The highest BCUT2D eigenvalue weighted by Crippen LogP contribution is 2.29. The summed E-state index contributed by atoms with van der Waals surface area (Å²) in [5, 5.41) is 8.45. The van der Waals surface area contributed by atoms with Crippen molar-refractivity contribution in [3.05, 3.63) is 63.9 Å². The lowest BCUT2D eigenvalue weighted by Crippen LogP contribution is -2.38. The van der Waals surface area contributed by atoms with Crippen molar-refractivity contribution >= 4 is 11.4 Å². The van der Waals surface area contributed by atoms with Crippen LogP contribution in [0, 0.1) is 6.92 Å². The second-order valence-corrected chi connectivity index (χ2v) is 7.13. The Morgan fingerprint density at radius 1 is 1.26 bits per heavy atom. The number of hydrogen-bond acceptors (Lipinski definition) is 5. The molecule has 5 heterocycles. The van der Waals surface area contributed by atoms with Gasteiger partial charge in [0.2, 0.25) is 5.95 Å². The Kier molecular flexibility index (Phi) is 4.03. The van der Waals surface area contributed by atoms with Gasteiger partial charge in [0, 0.05) is 25.5 Å². The van der Waals surface area contributed by atoms with Crippen molar-refractivity contribution in [2.75, 3.05) is 6.54 Å². The van der Waals surface area contributed by atoms with Crippen molar-refractivity contribution in [3.63, 3.8) is 0 Å². The van der Waals surface area contributed by atoms with E-state index in [1.807, 2.05) is 0 Å². The van der Waals surface area contributed by atoms with Gasteiger partial charge in [0.1, 0.15) is 11.3 Å². The molecule has 0 aliphatic carbocycles. The lowest BCUT2D eigenvalue weighted by atomic mass is 10.2. The highest BCUT2D eigenvalue weighted by molar-refractivity contribution is 5.95. The number of nitrogens with zero attached hydrogens (tertiary/aromatic N) is 7. The highest BCUT2D eigenvalue weighted by atomic mass is 19.4. The zero-order valence-corrected chi connectivity index (χ0v) is 16.1. The van der Waals surface area contributed by atoms with E-state index in [0.717, 1.165) is 6.20 Å². The quantitative estimate of drug-likeness (QED) is 0.515. The molecule has 13 heteroatoms. The van der Waals surface area contributed by atoms with E-state index >= 15 is 0 Å². The molecule has 1 aliphatic heterocycles. The highest BCUT2D eigenvalue weighted by Gasteiger charge is 2.36. The van der Waals surface area contributed by atoms with E-state index in [1.54, 1.807) is 25.3 Å². The van der Waals surface area contributed by atoms with Gasteiger partial charge in [-0.1, -0.05) is 0 Å². The van der Waals surface area contributed by atoms with Crippen molar-refractivity contribution < 1.29 is 18.0 Å². The van der Waals surface area contributed by atoms with Gasteiger partial charge in [-0.2, -0.15) is 18.3 Å². The molecule has 0 saturated heterocycles. The van der Waals surface area contributed by atoms with Crippen LogP contribution in [0.5, 0.6) is 0 Å². The SMILES string of the molecule is Cc1c(C(=O)N2CCn3cc(C(F)(F)F)nc3C2)cnn1-c1nn2cccc2c(=O)[nH]1. The number of halogens is 3. The first-order valence-corrected chi connectivity index (χ1v) is 9.27. The molecule has 0 radical (unpaired) electrons. The molecule has 4 aromatic rings. The smallest absolute Gasteiger partial charge is 0.331 e. The normalized spacial score (nSPS) is 14.3. The van der Waals surface area contributed by atoms with Crippen LogP contribution in [0.3, 0.4) is 0 Å². The fourth-order valence-corrected chi connectivity index (χ4v) is 3.59. The van der Waals surface area contributed by atoms with Crippen molar-refractivity contribution in [3.8, 4) is 5.95 Å². The molecule has 0 aromatic carbocycles. The molecule has 0 saturated carbocycles. The third-order valence-electron chi connectivity index (χ3n) is 5.21.